The van der Waals surface area contributed by atoms with Crippen LogP contribution in [0.15, 0.2) is 24.3 Å². The third-order valence-corrected chi connectivity index (χ3v) is 2.44. The van der Waals surface area contributed by atoms with Gasteiger partial charge < -0.3 is 9.47 Å². The third-order valence-electron chi connectivity index (χ3n) is 2.44. The van der Waals surface area contributed by atoms with Crippen LogP contribution in [0, 0.1) is 0 Å². The second-order valence-electron chi connectivity index (χ2n) is 3.90. The van der Waals surface area contributed by atoms with Crippen molar-refractivity contribution >= 4 is 5.78 Å². The van der Waals surface area contributed by atoms with Crippen LogP contribution in [0.3, 0.4) is 0 Å². The molecular formula is C13H16O3. The van der Waals surface area contributed by atoms with Crippen molar-refractivity contribution in [1.29, 1.82) is 0 Å². The van der Waals surface area contributed by atoms with Crippen molar-refractivity contribution in [1.82, 2.24) is 0 Å². The first kappa shape index (κ1) is 11.1. The van der Waals surface area contributed by atoms with E-state index in [0.29, 0.717) is 18.3 Å². The van der Waals surface area contributed by atoms with Crippen molar-refractivity contribution < 1.29 is 14.3 Å². The summed E-state index contributed by atoms with van der Waals surface area (Å²) < 4.78 is 10.7. The maximum atomic E-state index is 11.6. The van der Waals surface area contributed by atoms with Crippen molar-refractivity contribution in [2.24, 2.45) is 0 Å². The van der Waals surface area contributed by atoms with Crippen LogP contribution in [0.5, 0.6) is 5.75 Å². The van der Waals surface area contributed by atoms with E-state index in [0.717, 1.165) is 18.6 Å². The summed E-state index contributed by atoms with van der Waals surface area (Å²) in [7, 11) is 0. The molecule has 0 unspecified atom stereocenters. The number of carbonyl (C=O) groups is 1. The first-order valence-electron chi connectivity index (χ1n) is 5.67. The molecule has 0 aromatic heterocycles. The lowest BCUT2D eigenvalue weighted by Gasteiger charge is -2.05. The molecule has 1 saturated carbocycles. The van der Waals surface area contributed by atoms with Crippen LogP contribution in [-0.4, -0.2) is 25.1 Å². The van der Waals surface area contributed by atoms with E-state index < -0.39 is 0 Å². The topological polar surface area (TPSA) is 35.5 Å². The summed E-state index contributed by atoms with van der Waals surface area (Å²) in [5, 5.41) is 0. The molecule has 1 aliphatic carbocycles. The summed E-state index contributed by atoms with van der Waals surface area (Å²) in [6.07, 6.45) is 2.68. The molecule has 0 aliphatic heterocycles. The van der Waals surface area contributed by atoms with Crippen LogP contribution in [0.25, 0.3) is 0 Å². The van der Waals surface area contributed by atoms with Gasteiger partial charge in [-0.15, -0.1) is 0 Å². The lowest BCUT2D eigenvalue weighted by Crippen LogP contribution is -2.08. The molecule has 0 N–H and O–H groups in total. The number of rotatable bonds is 6. The molecular weight excluding hydrogens is 204 g/mol. The summed E-state index contributed by atoms with van der Waals surface area (Å²) in [6, 6.07) is 7.27. The predicted octanol–water partition coefficient (Wildman–Crippen LogP) is 2.45. The lowest BCUT2D eigenvalue weighted by atomic mass is 10.1. The number of hydrogen-bond donors (Lipinski definition) is 0. The number of hydrogen-bond acceptors (Lipinski definition) is 3. The Morgan fingerprint density at radius 1 is 1.31 bits per heavy atom. The average Bonchev–Trinajstić information content (AvgIpc) is 3.11. The van der Waals surface area contributed by atoms with Gasteiger partial charge in [-0.05, 0) is 44.0 Å². The third kappa shape index (κ3) is 3.07. The molecule has 0 bridgehead atoms. The van der Waals surface area contributed by atoms with Gasteiger partial charge in [0.1, 0.15) is 12.4 Å². The fraction of sp³-hybridized carbons (Fsp3) is 0.462. The van der Waals surface area contributed by atoms with Crippen LogP contribution in [0.1, 0.15) is 30.1 Å². The molecule has 0 radical (unpaired) electrons. The van der Waals surface area contributed by atoms with Gasteiger partial charge >= 0.3 is 0 Å². The fourth-order valence-corrected chi connectivity index (χ4v) is 1.38. The van der Waals surface area contributed by atoms with Crippen LogP contribution in [0.2, 0.25) is 0 Å². The Balaban J connectivity index is 1.92. The number of Topliss-reactive ketones (excluding diaryl/α,β-unsaturated/α-hetero) is 1. The highest BCUT2D eigenvalue weighted by Gasteiger charge is 2.23. The van der Waals surface area contributed by atoms with Crippen LogP contribution in [0.4, 0.5) is 0 Å². The zero-order chi connectivity index (χ0) is 11.4. The molecule has 3 nitrogen and oxygen atoms in total. The largest absolute Gasteiger partial charge is 0.490 e. The van der Waals surface area contributed by atoms with Crippen LogP contribution < -0.4 is 4.74 Å². The summed E-state index contributed by atoms with van der Waals surface area (Å²) in [5.74, 6) is 0.857. The van der Waals surface area contributed by atoms with E-state index in [-0.39, 0.29) is 12.4 Å². The van der Waals surface area contributed by atoms with Gasteiger partial charge in [0, 0.05) is 12.2 Å². The minimum Gasteiger partial charge on any atom is -0.490 e. The molecule has 2 rings (SSSR count). The predicted molar refractivity (Wildman–Crippen MR) is 60.9 cm³/mol. The van der Waals surface area contributed by atoms with Crippen molar-refractivity contribution in [3.63, 3.8) is 0 Å². The van der Waals surface area contributed by atoms with Crippen molar-refractivity contribution in [3.05, 3.63) is 29.8 Å². The van der Waals surface area contributed by atoms with Crippen LogP contribution in [-0.2, 0) is 4.74 Å². The Morgan fingerprint density at radius 2 is 2.00 bits per heavy atom. The molecule has 1 aliphatic rings. The number of carbonyl (C=O) groups excluding carboxylic acids is 1. The first-order valence-corrected chi connectivity index (χ1v) is 5.67. The molecule has 86 valence electrons. The highest BCUT2D eigenvalue weighted by atomic mass is 16.5. The van der Waals surface area contributed by atoms with Crippen LogP contribution >= 0.6 is 0 Å². The monoisotopic (exact) mass is 220 g/mol. The summed E-state index contributed by atoms with van der Waals surface area (Å²) in [6.45, 7) is 2.59. The molecule has 1 fully saturated rings. The van der Waals surface area contributed by atoms with Crippen molar-refractivity contribution in [2.45, 2.75) is 25.9 Å². The van der Waals surface area contributed by atoms with Crippen molar-refractivity contribution in [3.8, 4) is 5.75 Å². The maximum absolute atomic E-state index is 11.6. The summed E-state index contributed by atoms with van der Waals surface area (Å²) in [4.78, 5) is 11.6. The normalized spacial score (nSPS) is 14.8. The lowest BCUT2D eigenvalue weighted by molar-refractivity contribution is 0.0783. The summed E-state index contributed by atoms with van der Waals surface area (Å²) >= 11 is 0. The van der Waals surface area contributed by atoms with E-state index in [2.05, 4.69) is 0 Å². The Bertz CT molecular complexity index is 352. The van der Waals surface area contributed by atoms with Crippen molar-refractivity contribution in [2.75, 3.05) is 13.2 Å². The van der Waals surface area contributed by atoms with E-state index in [4.69, 9.17) is 9.47 Å². The minimum atomic E-state index is 0.0137. The summed E-state index contributed by atoms with van der Waals surface area (Å²) in [5.41, 5.74) is 0.677. The zero-order valence-corrected chi connectivity index (χ0v) is 9.44. The van der Waals surface area contributed by atoms with Gasteiger partial charge in [-0.2, -0.15) is 0 Å². The average molecular weight is 220 g/mol. The Kier molecular flexibility index (Phi) is 3.57. The molecule has 0 spiro atoms. The van der Waals surface area contributed by atoms with Gasteiger partial charge in [-0.25, -0.2) is 0 Å². The van der Waals surface area contributed by atoms with E-state index in [1.165, 1.54) is 0 Å². The number of ether oxygens (including phenoxy) is 2. The zero-order valence-electron chi connectivity index (χ0n) is 9.44. The smallest absolute Gasteiger partial charge is 0.188 e. The van der Waals surface area contributed by atoms with Gasteiger partial charge in [0.15, 0.2) is 5.78 Å². The van der Waals surface area contributed by atoms with Gasteiger partial charge in [-0.1, -0.05) is 0 Å². The van der Waals surface area contributed by atoms with E-state index >= 15 is 0 Å². The second-order valence-corrected chi connectivity index (χ2v) is 3.90. The Morgan fingerprint density at radius 3 is 2.56 bits per heavy atom. The van der Waals surface area contributed by atoms with Gasteiger partial charge in [0.25, 0.3) is 0 Å². The molecule has 1 aromatic carbocycles. The molecule has 0 saturated heterocycles. The molecule has 0 amide bonds. The first-order chi connectivity index (χ1) is 7.79. The van der Waals surface area contributed by atoms with E-state index in [1.807, 2.05) is 19.1 Å². The molecule has 3 heteroatoms. The standard InChI is InChI=1S/C13H16O3/c1-2-15-9-13(14)10-3-5-11(6-4-10)16-12-7-8-12/h3-6,12H,2,7-9H2,1H3. The van der Waals surface area contributed by atoms with E-state index in [9.17, 15) is 4.79 Å². The fourth-order valence-electron chi connectivity index (χ4n) is 1.38. The highest BCUT2D eigenvalue weighted by molar-refractivity contribution is 5.97. The quantitative estimate of drug-likeness (QED) is 0.691. The van der Waals surface area contributed by atoms with Gasteiger partial charge in [-0.3, -0.25) is 4.79 Å². The minimum absolute atomic E-state index is 0.0137. The maximum Gasteiger partial charge on any atom is 0.188 e. The van der Waals surface area contributed by atoms with E-state index in [1.54, 1.807) is 12.1 Å². The number of ketones is 1. The molecule has 0 heterocycles. The highest BCUT2D eigenvalue weighted by Crippen LogP contribution is 2.26. The van der Waals surface area contributed by atoms with Gasteiger partial charge in [0.2, 0.25) is 0 Å². The molecule has 1 aromatic rings. The Labute approximate surface area is 95.4 Å². The molecule has 16 heavy (non-hydrogen) atoms. The molecule has 0 atom stereocenters. The SMILES string of the molecule is CCOCC(=O)c1ccc(OC2CC2)cc1. The second kappa shape index (κ2) is 5.12. The van der Waals surface area contributed by atoms with Gasteiger partial charge in [0.05, 0.1) is 6.10 Å². The number of benzene rings is 1. The Hall–Kier alpha value is -1.35.